The number of halogens is 2. The summed E-state index contributed by atoms with van der Waals surface area (Å²) in [4.78, 5) is 0. The number of rotatable bonds is 6. The number of hydrogen-bond donors (Lipinski definition) is 1. The Morgan fingerprint density at radius 1 is 1.35 bits per heavy atom. The molecule has 0 saturated heterocycles. The summed E-state index contributed by atoms with van der Waals surface area (Å²) in [5.41, 5.74) is 1.02. The van der Waals surface area contributed by atoms with E-state index in [1.807, 2.05) is 0 Å². The molecule has 0 aliphatic carbocycles. The third kappa shape index (κ3) is 4.29. The van der Waals surface area contributed by atoms with Crippen LogP contribution in [0.5, 0.6) is 0 Å². The average molecular weight is 258 g/mol. The third-order valence-electron chi connectivity index (χ3n) is 3.15. The van der Waals surface area contributed by atoms with Crippen molar-refractivity contribution in [1.29, 1.82) is 0 Å². The smallest absolute Gasteiger partial charge is 0.124 e. The first-order valence-electron chi connectivity index (χ1n) is 6.25. The molecule has 0 aliphatic rings. The highest BCUT2D eigenvalue weighted by atomic mass is 35.5. The normalized spacial score (nSPS) is 14.6. The van der Waals surface area contributed by atoms with Crippen LogP contribution in [0, 0.1) is 11.7 Å². The van der Waals surface area contributed by atoms with E-state index in [1.54, 1.807) is 6.07 Å². The highest BCUT2D eigenvalue weighted by molar-refractivity contribution is 6.31. The van der Waals surface area contributed by atoms with Gasteiger partial charge in [0, 0.05) is 11.1 Å². The van der Waals surface area contributed by atoms with Gasteiger partial charge in [-0.1, -0.05) is 38.4 Å². The van der Waals surface area contributed by atoms with Crippen molar-refractivity contribution in [1.82, 2.24) is 5.32 Å². The highest BCUT2D eigenvalue weighted by Gasteiger charge is 2.16. The van der Waals surface area contributed by atoms with Gasteiger partial charge in [0.2, 0.25) is 0 Å². The molecule has 0 aliphatic heterocycles. The van der Waals surface area contributed by atoms with Crippen LogP contribution >= 0.6 is 11.6 Å². The summed E-state index contributed by atoms with van der Waals surface area (Å²) < 4.78 is 12.9. The third-order valence-corrected chi connectivity index (χ3v) is 3.50. The van der Waals surface area contributed by atoms with Crippen LogP contribution in [0.2, 0.25) is 5.02 Å². The maximum absolute atomic E-state index is 12.9. The molecule has 1 aromatic rings. The van der Waals surface area contributed by atoms with E-state index in [-0.39, 0.29) is 5.82 Å². The van der Waals surface area contributed by atoms with Crippen LogP contribution in [-0.4, -0.2) is 12.6 Å². The SMILES string of the molecule is CCNC(CC)C(C)Cc1ccc(F)cc1Cl. The molecule has 0 spiro atoms. The largest absolute Gasteiger partial charge is 0.314 e. The maximum Gasteiger partial charge on any atom is 0.124 e. The molecule has 1 rings (SSSR count). The van der Waals surface area contributed by atoms with Crippen molar-refractivity contribution in [3.05, 3.63) is 34.6 Å². The van der Waals surface area contributed by atoms with Gasteiger partial charge in [-0.15, -0.1) is 0 Å². The molecule has 17 heavy (non-hydrogen) atoms. The number of nitrogens with one attached hydrogen (secondary N) is 1. The van der Waals surface area contributed by atoms with Crippen LogP contribution < -0.4 is 5.32 Å². The number of hydrogen-bond acceptors (Lipinski definition) is 1. The molecule has 1 N–H and O–H groups in total. The molecular weight excluding hydrogens is 237 g/mol. The van der Waals surface area contributed by atoms with Crippen LogP contribution in [0.3, 0.4) is 0 Å². The summed E-state index contributed by atoms with van der Waals surface area (Å²) in [7, 11) is 0. The van der Waals surface area contributed by atoms with Crippen LogP contribution in [0.15, 0.2) is 18.2 Å². The van der Waals surface area contributed by atoms with Crippen molar-refractivity contribution in [2.45, 2.75) is 39.7 Å². The Morgan fingerprint density at radius 3 is 2.59 bits per heavy atom. The number of benzene rings is 1. The Bertz CT molecular complexity index is 354. The van der Waals surface area contributed by atoms with Gasteiger partial charge in [0.15, 0.2) is 0 Å². The molecule has 2 atom stereocenters. The predicted octanol–water partition coefficient (Wildman–Crippen LogP) is 4.05. The molecule has 2 unspecified atom stereocenters. The molecule has 0 amide bonds. The minimum atomic E-state index is -0.273. The maximum atomic E-state index is 12.9. The molecule has 96 valence electrons. The zero-order valence-corrected chi connectivity index (χ0v) is 11.5. The van der Waals surface area contributed by atoms with E-state index in [4.69, 9.17) is 11.6 Å². The summed E-state index contributed by atoms with van der Waals surface area (Å²) in [6, 6.07) is 5.13. The second-order valence-corrected chi connectivity index (χ2v) is 4.90. The van der Waals surface area contributed by atoms with Gasteiger partial charge in [0.05, 0.1) is 0 Å². The van der Waals surface area contributed by atoms with Gasteiger partial charge < -0.3 is 5.32 Å². The molecule has 0 radical (unpaired) electrons. The van der Waals surface area contributed by atoms with Gasteiger partial charge in [0.25, 0.3) is 0 Å². The van der Waals surface area contributed by atoms with Gasteiger partial charge in [-0.25, -0.2) is 4.39 Å². The fourth-order valence-corrected chi connectivity index (χ4v) is 2.43. The van der Waals surface area contributed by atoms with Crippen molar-refractivity contribution in [3.8, 4) is 0 Å². The zero-order valence-electron chi connectivity index (χ0n) is 10.8. The average Bonchev–Trinajstić information content (AvgIpc) is 2.29. The lowest BCUT2D eigenvalue weighted by atomic mass is 9.92. The van der Waals surface area contributed by atoms with Gasteiger partial charge >= 0.3 is 0 Å². The zero-order chi connectivity index (χ0) is 12.8. The van der Waals surface area contributed by atoms with E-state index in [0.717, 1.165) is 24.9 Å². The van der Waals surface area contributed by atoms with E-state index in [9.17, 15) is 4.39 Å². The van der Waals surface area contributed by atoms with Gasteiger partial charge in [-0.2, -0.15) is 0 Å². The second kappa shape index (κ2) is 6.97. The molecule has 0 aromatic heterocycles. The van der Waals surface area contributed by atoms with Crippen LogP contribution in [0.4, 0.5) is 4.39 Å². The summed E-state index contributed by atoms with van der Waals surface area (Å²) >= 11 is 6.04. The van der Waals surface area contributed by atoms with Crippen molar-refractivity contribution >= 4 is 11.6 Å². The second-order valence-electron chi connectivity index (χ2n) is 4.49. The van der Waals surface area contributed by atoms with E-state index < -0.39 is 0 Å². The van der Waals surface area contributed by atoms with Crippen molar-refractivity contribution in [2.75, 3.05) is 6.54 Å². The lowest BCUT2D eigenvalue weighted by Gasteiger charge is -2.24. The Balaban J connectivity index is 2.69. The molecule has 0 saturated carbocycles. The Morgan fingerprint density at radius 2 is 2.06 bits per heavy atom. The summed E-state index contributed by atoms with van der Waals surface area (Å²) in [5.74, 6) is 0.216. The molecule has 1 aromatic carbocycles. The van der Waals surface area contributed by atoms with Crippen molar-refractivity contribution < 1.29 is 4.39 Å². The summed E-state index contributed by atoms with van der Waals surface area (Å²) in [5, 5.41) is 4.00. The molecule has 3 heteroatoms. The molecule has 0 bridgehead atoms. The van der Waals surface area contributed by atoms with E-state index >= 15 is 0 Å². The fourth-order valence-electron chi connectivity index (χ4n) is 2.19. The van der Waals surface area contributed by atoms with Gasteiger partial charge in [-0.3, -0.25) is 0 Å². The first-order chi connectivity index (χ1) is 8.08. The highest BCUT2D eigenvalue weighted by Crippen LogP contribution is 2.22. The Hall–Kier alpha value is -0.600. The quantitative estimate of drug-likeness (QED) is 0.811. The van der Waals surface area contributed by atoms with Crippen LogP contribution in [0.25, 0.3) is 0 Å². The molecular formula is C14H21ClFN. The Kier molecular flexibility index (Phi) is 5.93. The molecule has 0 fully saturated rings. The Labute approximate surface area is 108 Å². The fraction of sp³-hybridized carbons (Fsp3) is 0.571. The van der Waals surface area contributed by atoms with Gasteiger partial charge in [0.1, 0.15) is 5.82 Å². The first-order valence-corrected chi connectivity index (χ1v) is 6.63. The topological polar surface area (TPSA) is 12.0 Å². The van der Waals surface area contributed by atoms with Crippen LogP contribution in [0.1, 0.15) is 32.8 Å². The van der Waals surface area contributed by atoms with E-state index in [0.29, 0.717) is 17.0 Å². The van der Waals surface area contributed by atoms with Crippen molar-refractivity contribution in [3.63, 3.8) is 0 Å². The van der Waals surface area contributed by atoms with Crippen LogP contribution in [-0.2, 0) is 6.42 Å². The lowest BCUT2D eigenvalue weighted by Crippen LogP contribution is -2.35. The molecule has 0 heterocycles. The minimum Gasteiger partial charge on any atom is -0.314 e. The lowest BCUT2D eigenvalue weighted by molar-refractivity contribution is 0.371. The van der Waals surface area contributed by atoms with E-state index in [1.165, 1.54) is 12.1 Å². The molecule has 1 nitrogen and oxygen atoms in total. The van der Waals surface area contributed by atoms with Crippen molar-refractivity contribution in [2.24, 2.45) is 5.92 Å². The van der Waals surface area contributed by atoms with Gasteiger partial charge in [-0.05, 0) is 43.0 Å². The van der Waals surface area contributed by atoms with E-state index in [2.05, 4.69) is 26.1 Å². The summed E-state index contributed by atoms with van der Waals surface area (Å²) in [6.07, 6.45) is 1.97. The summed E-state index contributed by atoms with van der Waals surface area (Å²) in [6.45, 7) is 7.47. The minimum absolute atomic E-state index is 0.273. The predicted molar refractivity (Wildman–Crippen MR) is 72.0 cm³/mol. The first kappa shape index (κ1) is 14.5. The monoisotopic (exact) mass is 257 g/mol. The standard InChI is InChI=1S/C14H21ClFN/c1-4-14(17-5-2)10(3)8-11-6-7-12(16)9-13(11)15/h6-7,9-10,14,17H,4-5,8H2,1-3H3.